The van der Waals surface area contributed by atoms with Gasteiger partial charge in [-0.05, 0) is 19.4 Å². The molecule has 13 heavy (non-hydrogen) atoms. The molecule has 0 aliphatic heterocycles. The Hall–Kier alpha value is -1.16. The van der Waals surface area contributed by atoms with Crippen LogP contribution in [0.15, 0.2) is 12.3 Å². The van der Waals surface area contributed by atoms with E-state index in [4.69, 9.17) is 5.73 Å². The predicted molar refractivity (Wildman–Crippen MR) is 50.2 cm³/mol. The topological polar surface area (TPSA) is 60.9 Å². The van der Waals surface area contributed by atoms with Crippen molar-refractivity contribution in [1.82, 2.24) is 9.78 Å². The van der Waals surface area contributed by atoms with E-state index in [2.05, 4.69) is 5.10 Å². The first kappa shape index (κ1) is 9.92. The van der Waals surface area contributed by atoms with Gasteiger partial charge in [0.15, 0.2) is 0 Å². The third kappa shape index (κ3) is 2.66. The van der Waals surface area contributed by atoms with E-state index < -0.39 is 0 Å². The van der Waals surface area contributed by atoms with Gasteiger partial charge < -0.3 is 5.73 Å². The first-order valence-electron chi connectivity index (χ1n) is 4.36. The molecule has 0 aliphatic carbocycles. The van der Waals surface area contributed by atoms with E-state index >= 15 is 0 Å². The lowest BCUT2D eigenvalue weighted by Gasteiger charge is -2.04. The quantitative estimate of drug-likeness (QED) is 0.725. The Morgan fingerprint density at radius 1 is 1.77 bits per heavy atom. The number of rotatable bonds is 4. The van der Waals surface area contributed by atoms with Crippen molar-refractivity contribution >= 4 is 5.78 Å². The van der Waals surface area contributed by atoms with Crippen LogP contribution in [0.2, 0.25) is 0 Å². The molecule has 0 saturated heterocycles. The molecule has 0 spiro atoms. The molecule has 0 bridgehead atoms. The number of hydrogen-bond acceptors (Lipinski definition) is 3. The third-order valence-electron chi connectivity index (χ3n) is 2.06. The van der Waals surface area contributed by atoms with Gasteiger partial charge >= 0.3 is 0 Å². The largest absolute Gasteiger partial charge is 0.322 e. The van der Waals surface area contributed by atoms with E-state index in [0.717, 1.165) is 12.1 Å². The first-order valence-corrected chi connectivity index (χ1v) is 4.36. The number of aromatic nitrogens is 2. The van der Waals surface area contributed by atoms with Gasteiger partial charge in [0.05, 0.1) is 6.04 Å². The van der Waals surface area contributed by atoms with Crippen molar-refractivity contribution in [3.05, 3.63) is 18.0 Å². The molecule has 0 fully saturated rings. The lowest BCUT2D eigenvalue weighted by atomic mass is 10.1. The molecule has 0 aromatic carbocycles. The normalized spacial score (nSPS) is 12.8. The highest BCUT2D eigenvalue weighted by Crippen LogP contribution is 2.02. The molecule has 0 saturated carbocycles. The number of nitrogens with two attached hydrogens (primary N) is 1. The molecule has 72 valence electrons. The molecular weight excluding hydrogens is 166 g/mol. The Labute approximate surface area is 77.7 Å². The smallest absolute Gasteiger partial charge is 0.149 e. The number of hydrogen-bond donors (Lipinski definition) is 1. The number of Topliss-reactive ketones (excluding diaryl/α,β-unsaturated/α-hetero) is 1. The predicted octanol–water partition coefficient (Wildman–Crippen LogP) is 0.269. The lowest BCUT2D eigenvalue weighted by molar-refractivity contribution is -0.119. The summed E-state index contributed by atoms with van der Waals surface area (Å²) in [6.07, 6.45) is 2.94. The highest BCUT2D eigenvalue weighted by atomic mass is 16.1. The molecule has 1 aromatic rings. The van der Waals surface area contributed by atoms with Gasteiger partial charge in [-0.1, -0.05) is 0 Å². The standard InChI is InChI=1S/C9H15N3O/c1-7(10)9(13)4-3-8-5-6-11-12(8)2/h5-7H,3-4,10H2,1-2H3. The summed E-state index contributed by atoms with van der Waals surface area (Å²) in [5, 5.41) is 4.01. The zero-order chi connectivity index (χ0) is 9.84. The maximum Gasteiger partial charge on any atom is 0.149 e. The second-order valence-corrected chi connectivity index (χ2v) is 3.20. The van der Waals surface area contributed by atoms with Crippen molar-refractivity contribution in [2.24, 2.45) is 12.8 Å². The molecule has 4 nitrogen and oxygen atoms in total. The Bertz CT molecular complexity index is 291. The van der Waals surface area contributed by atoms with E-state index in [-0.39, 0.29) is 11.8 Å². The summed E-state index contributed by atoms with van der Waals surface area (Å²) in [6, 6.07) is 1.56. The summed E-state index contributed by atoms with van der Waals surface area (Å²) in [4.78, 5) is 11.2. The lowest BCUT2D eigenvalue weighted by Crippen LogP contribution is -2.26. The number of ketones is 1. The van der Waals surface area contributed by atoms with Crippen LogP contribution < -0.4 is 5.73 Å². The van der Waals surface area contributed by atoms with Gasteiger partial charge in [-0.3, -0.25) is 9.48 Å². The Balaban J connectivity index is 2.44. The van der Waals surface area contributed by atoms with E-state index in [1.807, 2.05) is 13.1 Å². The SMILES string of the molecule is CC(N)C(=O)CCc1ccnn1C. The fourth-order valence-electron chi connectivity index (χ4n) is 1.13. The first-order chi connectivity index (χ1) is 6.11. The summed E-state index contributed by atoms with van der Waals surface area (Å²) in [5.74, 6) is 0.0983. The Morgan fingerprint density at radius 3 is 2.92 bits per heavy atom. The number of carbonyl (C=O) groups excluding carboxylic acids is 1. The Kier molecular flexibility index (Phi) is 3.19. The highest BCUT2D eigenvalue weighted by Gasteiger charge is 2.08. The summed E-state index contributed by atoms with van der Waals surface area (Å²) < 4.78 is 1.77. The summed E-state index contributed by atoms with van der Waals surface area (Å²) >= 11 is 0. The average molecular weight is 181 g/mol. The van der Waals surface area contributed by atoms with Crippen molar-refractivity contribution in [2.45, 2.75) is 25.8 Å². The second-order valence-electron chi connectivity index (χ2n) is 3.20. The summed E-state index contributed by atoms with van der Waals surface area (Å²) in [5.41, 5.74) is 6.51. The van der Waals surface area contributed by atoms with E-state index in [9.17, 15) is 4.79 Å². The minimum absolute atomic E-state index is 0.0983. The zero-order valence-electron chi connectivity index (χ0n) is 8.03. The fourth-order valence-corrected chi connectivity index (χ4v) is 1.13. The number of nitrogens with zero attached hydrogens (tertiary/aromatic N) is 2. The molecular formula is C9H15N3O. The zero-order valence-corrected chi connectivity index (χ0v) is 8.03. The Morgan fingerprint density at radius 2 is 2.46 bits per heavy atom. The van der Waals surface area contributed by atoms with Gasteiger partial charge in [0.25, 0.3) is 0 Å². The van der Waals surface area contributed by atoms with Crippen molar-refractivity contribution in [1.29, 1.82) is 0 Å². The van der Waals surface area contributed by atoms with Crippen molar-refractivity contribution in [3.63, 3.8) is 0 Å². The van der Waals surface area contributed by atoms with Gasteiger partial charge in [0.1, 0.15) is 5.78 Å². The van der Waals surface area contributed by atoms with Crippen LogP contribution in [0.3, 0.4) is 0 Å². The summed E-state index contributed by atoms with van der Waals surface area (Å²) in [7, 11) is 1.87. The van der Waals surface area contributed by atoms with Crippen LogP contribution in [-0.4, -0.2) is 21.6 Å². The van der Waals surface area contributed by atoms with Crippen molar-refractivity contribution in [2.75, 3.05) is 0 Å². The molecule has 1 heterocycles. The molecule has 0 radical (unpaired) electrons. The van der Waals surface area contributed by atoms with Crippen LogP contribution in [0, 0.1) is 0 Å². The third-order valence-corrected chi connectivity index (χ3v) is 2.06. The average Bonchev–Trinajstić information content (AvgIpc) is 2.47. The summed E-state index contributed by atoms with van der Waals surface area (Å²) in [6.45, 7) is 1.71. The fraction of sp³-hybridized carbons (Fsp3) is 0.556. The molecule has 4 heteroatoms. The van der Waals surface area contributed by atoms with Crippen LogP contribution in [0.1, 0.15) is 19.0 Å². The van der Waals surface area contributed by atoms with Crippen LogP contribution >= 0.6 is 0 Å². The molecule has 1 atom stereocenters. The van der Waals surface area contributed by atoms with E-state index in [1.54, 1.807) is 17.8 Å². The monoisotopic (exact) mass is 181 g/mol. The van der Waals surface area contributed by atoms with Crippen LogP contribution in [0.5, 0.6) is 0 Å². The van der Waals surface area contributed by atoms with Crippen LogP contribution in [-0.2, 0) is 18.3 Å². The molecule has 2 N–H and O–H groups in total. The van der Waals surface area contributed by atoms with E-state index in [0.29, 0.717) is 6.42 Å². The minimum atomic E-state index is -0.353. The van der Waals surface area contributed by atoms with Crippen molar-refractivity contribution < 1.29 is 4.79 Å². The van der Waals surface area contributed by atoms with Gasteiger partial charge in [0.2, 0.25) is 0 Å². The van der Waals surface area contributed by atoms with Crippen LogP contribution in [0.25, 0.3) is 0 Å². The molecule has 1 unspecified atom stereocenters. The highest BCUT2D eigenvalue weighted by molar-refractivity contribution is 5.83. The van der Waals surface area contributed by atoms with Gasteiger partial charge in [-0.2, -0.15) is 5.10 Å². The van der Waals surface area contributed by atoms with Gasteiger partial charge in [0, 0.05) is 25.4 Å². The van der Waals surface area contributed by atoms with E-state index in [1.165, 1.54) is 0 Å². The molecule has 1 aromatic heterocycles. The molecule has 1 rings (SSSR count). The van der Waals surface area contributed by atoms with Crippen LogP contribution in [0.4, 0.5) is 0 Å². The number of carbonyl (C=O) groups is 1. The molecule has 0 amide bonds. The van der Waals surface area contributed by atoms with Crippen molar-refractivity contribution in [3.8, 4) is 0 Å². The minimum Gasteiger partial charge on any atom is -0.322 e. The number of aryl methyl sites for hydroxylation is 2. The molecule has 0 aliphatic rings. The van der Waals surface area contributed by atoms with Gasteiger partial charge in [-0.15, -0.1) is 0 Å². The second kappa shape index (κ2) is 4.18. The maximum absolute atomic E-state index is 11.2. The van der Waals surface area contributed by atoms with Gasteiger partial charge in [-0.25, -0.2) is 0 Å². The maximum atomic E-state index is 11.2.